The van der Waals surface area contributed by atoms with E-state index in [9.17, 15) is 4.79 Å². The van der Waals surface area contributed by atoms with Gasteiger partial charge in [-0.15, -0.1) is 0 Å². The summed E-state index contributed by atoms with van der Waals surface area (Å²) < 4.78 is 39.7. The number of hydrogen-bond donors (Lipinski definition) is 0. The molecule has 0 spiro atoms. The fourth-order valence-electron chi connectivity index (χ4n) is 4.90. The molecule has 1 aliphatic rings. The number of carbonyl (C=O) groups is 1. The zero-order valence-corrected chi connectivity index (χ0v) is 22.6. The largest absolute Gasteiger partial charge is 0.493 e. The summed E-state index contributed by atoms with van der Waals surface area (Å²) >= 11 is 0. The topological polar surface area (TPSA) is 84.9 Å². The number of fused-ring (bicyclic) bond motifs is 3. The smallest absolute Gasteiger partial charge is 0.323 e. The highest BCUT2D eigenvalue weighted by atomic mass is 16.5. The Morgan fingerprint density at radius 1 is 0.722 bits per heavy atom. The SMILES string of the molecule is COC(=O)C(CC(C)C)N1Cc2cc(OC)c(OC)c(OC)c2-c2c(cc(OC)c(OC)c2OC)C1. The number of rotatable bonds is 10. The van der Waals surface area contributed by atoms with E-state index in [0.717, 1.165) is 22.3 Å². The van der Waals surface area contributed by atoms with Gasteiger partial charge in [0, 0.05) is 24.2 Å². The van der Waals surface area contributed by atoms with Crippen molar-refractivity contribution in [1.82, 2.24) is 4.90 Å². The molecule has 1 heterocycles. The van der Waals surface area contributed by atoms with E-state index >= 15 is 0 Å². The molecule has 3 rings (SSSR count). The Labute approximate surface area is 213 Å². The minimum Gasteiger partial charge on any atom is -0.493 e. The maximum Gasteiger partial charge on any atom is 0.323 e. The van der Waals surface area contributed by atoms with Crippen LogP contribution in [0.3, 0.4) is 0 Å². The second-order valence-corrected chi connectivity index (χ2v) is 8.93. The van der Waals surface area contributed by atoms with Crippen LogP contribution in [-0.4, -0.2) is 66.7 Å². The first-order valence-corrected chi connectivity index (χ1v) is 11.8. The molecule has 0 saturated carbocycles. The van der Waals surface area contributed by atoms with Crippen LogP contribution in [0.25, 0.3) is 11.1 Å². The number of hydrogen-bond acceptors (Lipinski definition) is 9. The van der Waals surface area contributed by atoms with E-state index < -0.39 is 6.04 Å². The van der Waals surface area contributed by atoms with Crippen molar-refractivity contribution >= 4 is 5.97 Å². The standard InChI is InChI=1S/C27H37NO8/c1-15(2)10-18(27(29)36-9)28-13-16-11-19(30-3)23(32-5)25(34-7)21(16)22-17(14-28)12-20(31-4)24(33-6)26(22)35-8/h11-12,15,18H,10,13-14H2,1-9H3. The molecule has 2 aromatic carbocycles. The van der Waals surface area contributed by atoms with Crippen LogP contribution in [0.4, 0.5) is 0 Å². The van der Waals surface area contributed by atoms with Crippen LogP contribution in [0.2, 0.25) is 0 Å². The number of carbonyl (C=O) groups excluding carboxylic acids is 1. The van der Waals surface area contributed by atoms with Gasteiger partial charge in [-0.25, -0.2) is 0 Å². The van der Waals surface area contributed by atoms with Gasteiger partial charge in [0.15, 0.2) is 23.0 Å². The van der Waals surface area contributed by atoms with Crippen LogP contribution < -0.4 is 28.4 Å². The molecular weight excluding hydrogens is 466 g/mol. The average molecular weight is 504 g/mol. The molecule has 0 bridgehead atoms. The van der Waals surface area contributed by atoms with Crippen LogP contribution >= 0.6 is 0 Å². The maximum absolute atomic E-state index is 13.0. The van der Waals surface area contributed by atoms with E-state index in [4.69, 9.17) is 33.2 Å². The monoisotopic (exact) mass is 503 g/mol. The normalized spacial score (nSPS) is 13.7. The first-order valence-electron chi connectivity index (χ1n) is 11.8. The second-order valence-electron chi connectivity index (χ2n) is 8.93. The Morgan fingerprint density at radius 3 is 1.44 bits per heavy atom. The van der Waals surface area contributed by atoms with Gasteiger partial charge in [-0.3, -0.25) is 9.69 Å². The molecule has 9 heteroatoms. The third-order valence-corrected chi connectivity index (χ3v) is 6.43. The molecule has 0 aromatic heterocycles. The summed E-state index contributed by atoms with van der Waals surface area (Å²) in [4.78, 5) is 15.1. The summed E-state index contributed by atoms with van der Waals surface area (Å²) in [7, 11) is 10.9. The lowest BCUT2D eigenvalue weighted by Gasteiger charge is -2.30. The van der Waals surface area contributed by atoms with E-state index in [0.29, 0.717) is 54.0 Å². The van der Waals surface area contributed by atoms with Crippen LogP contribution in [0.15, 0.2) is 12.1 Å². The van der Waals surface area contributed by atoms with Gasteiger partial charge in [0.05, 0.1) is 49.8 Å². The minimum atomic E-state index is -0.466. The van der Waals surface area contributed by atoms with Gasteiger partial charge in [-0.05, 0) is 35.6 Å². The van der Waals surface area contributed by atoms with Gasteiger partial charge in [0.25, 0.3) is 0 Å². The summed E-state index contributed by atoms with van der Waals surface area (Å²) in [6, 6.07) is 3.36. The molecule has 0 N–H and O–H groups in total. The summed E-state index contributed by atoms with van der Waals surface area (Å²) in [5.41, 5.74) is 3.31. The van der Waals surface area contributed by atoms with Gasteiger partial charge >= 0.3 is 5.97 Å². The summed E-state index contributed by atoms with van der Waals surface area (Å²) in [6.07, 6.45) is 0.631. The summed E-state index contributed by atoms with van der Waals surface area (Å²) in [6.45, 7) is 5.04. The Kier molecular flexibility index (Phi) is 8.79. The van der Waals surface area contributed by atoms with Gasteiger partial charge in [-0.2, -0.15) is 0 Å². The van der Waals surface area contributed by atoms with Gasteiger partial charge in [-0.1, -0.05) is 13.8 Å². The third kappa shape index (κ3) is 4.84. The van der Waals surface area contributed by atoms with Crippen molar-refractivity contribution in [3.05, 3.63) is 23.3 Å². The minimum absolute atomic E-state index is 0.274. The molecule has 0 amide bonds. The van der Waals surface area contributed by atoms with E-state index in [2.05, 4.69) is 18.7 Å². The molecule has 0 fully saturated rings. The van der Waals surface area contributed by atoms with Crippen LogP contribution in [-0.2, 0) is 22.6 Å². The Bertz CT molecular complexity index is 1030. The number of ether oxygens (including phenoxy) is 7. The Hall–Kier alpha value is -3.33. The fraction of sp³-hybridized carbons (Fsp3) is 0.519. The first kappa shape index (κ1) is 27.3. The van der Waals surface area contributed by atoms with Crippen molar-refractivity contribution in [3.63, 3.8) is 0 Å². The zero-order valence-electron chi connectivity index (χ0n) is 22.6. The number of nitrogens with zero attached hydrogens (tertiary/aromatic N) is 1. The molecule has 36 heavy (non-hydrogen) atoms. The van der Waals surface area contributed by atoms with E-state index in [1.54, 1.807) is 42.7 Å². The average Bonchev–Trinajstić information content (AvgIpc) is 3.04. The highest BCUT2D eigenvalue weighted by Crippen LogP contribution is 2.55. The fourth-order valence-corrected chi connectivity index (χ4v) is 4.90. The molecule has 0 aliphatic carbocycles. The number of methoxy groups -OCH3 is 7. The summed E-state index contributed by atoms with van der Waals surface area (Å²) in [5.74, 6) is 2.95. The van der Waals surface area contributed by atoms with Crippen LogP contribution in [0.5, 0.6) is 34.5 Å². The molecule has 1 aliphatic heterocycles. The second kappa shape index (κ2) is 11.6. The lowest BCUT2D eigenvalue weighted by atomic mass is 9.93. The molecule has 0 radical (unpaired) electrons. The molecule has 1 atom stereocenters. The Balaban J connectivity index is 2.44. The molecule has 1 unspecified atom stereocenters. The van der Waals surface area contributed by atoms with Gasteiger partial charge in [0.2, 0.25) is 11.5 Å². The van der Waals surface area contributed by atoms with Crippen molar-refractivity contribution in [1.29, 1.82) is 0 Å². The zero-order chi connectivity index (χ0) is 26.6. The highest BCUT2D eigenvalue weighted by molar-refractivity contribution is 5.88. The predicted octanol–water partition coefficient (Wildman–Crippen LogP) is 4.31. The van der Waals surface area contributed by atoms with Crippen LogP contribution in [0.1, 0.15) is 31.4 Å². The third-order valence-electron chi connectivity index (χ3n) is 6.43. The molecule has 2 aromatic rings. The van der Waals surface area contributed by atoms with E-state index in [-0.39, 0.29) is 11.9 Å². The highest BCUT2D eigenvalue weighted by Gasteiger charge is 2.36. The van der Waals surface area contributed by atoms with Crippen molar-refractivity contribution < 1.29 is 38.0 Å². The molecule has 0 saturated heterocycles. The molecule has 198 valence electrons. The predicted molar refractivity (Wildman–Crippen MR) is 136 cm³/mol. The number of esters is 1. The Morgan fingerprint density at radius 2 is 1.14 bits per heavy atom. The number of benzene rings is 2. The first-order chi connectivity index (χ1) is 17.3. The van der Waals surface area contributed by atoms with Crippen molar-refractivity contribution in [2.75, 3.05) is 49.8 Å². The molecular formula is C27H37NO8. The van der Waals surface area contributed by atoms with Crippen molar-refractivity contribution in [3.8, 4) is 45.6 Å². The van der Waals surface area contributed by atoms with Gasteiger partial charge in [0.1, 0.15) is 6.04 Å². The van der Waals surface area contributed by atoms with Crippen molar-refractivity contribution in [2.45, 2.75) is 39.4 Å². The maximum atomic E-state index is 13.0. The lowest BCUT2D eigenvalue weighted by molar-refractivity contribution is -0.148. The summed E-state index contributed by atoms with van der Waals surface area (Å²) in [5, 5.41) is 0. The van der Waals surface area contributed by atoms with Gasteiger partial charge < -0.3 is 33.2 Å². The lowest BCUT2D eigenvalue weighted by Crippen LogP contribution is -2.41. The van der Waals surface area contributed by atoms with E-state index in [1.165, 1.54) is 7.11 Å². The molecule has 9 nitrogen and oxygen atoms in total. The quantitative estimate of drug-likeness (QED) is 0.440. The van der Waals surface area contributed by atoms with E-state index in [1.807, 2.05) is 12.1 Å². The van der Waals surface area contributed by atoms with Crippen LogP contribution in [0, 0.1) is 5.92 Å². The van der Waals surface area contributed by atoms with Crippen molar-refractivity contribution in [2.24, 2.45) is 5.92 Å².